The third kappa shape index (κ3) is 3.92. The van der Waals surface area contributed by atoms with E-state index in [9.17, 15) is 13.2 Å². The predicted octanol–water partition coefficient (Wildman–Crippen LogP) is 1.20. The fourth-order valence-electron chi connectivity index (χ4n) is 1.25. The molecule has 5 nitrogen and oxygen atoms in total. The van der Waals surface area contributed by atoms with Crippen LogP contribution in [-0.2, 0) is 14.8 Å². The molecule has 0 radical (unpaired) electrons. The number of aliphatic carboxylic acids is 1. The van der Waals surface area contributed by atoms with Gasteiger partial charge in [-0.2, -0.15) is 0 Å². The normalized spacial score (nSPS) is 13.6. The second kappa shape index (κ2) is 5.42. The average Bonchev–Trinajstić information content (AvgIpc) is 2.64. The Balaban J connectivity index is 2.75. The van der Waals surface area contributed by atoms with Crippen molar-refractivity contribution >= 4 is 27.3 Å². The fraction of sp³-hybridized carbons (Fsp3) is 0.444. The summed E-state index contributed by atoms with van der Waals surface area (Å²) < 4.78 is 25.2. The van der Waals surface area contributed by atoms with Crippen LogP contribution in [0.4, 0.5) is 0 Å². The largest absolute Gasteiger partial charge is 0.480 e. The minimum absolute atomic E-state index is 0.343. The highest BCUT2D eigenvalue weighted by Gasteiger charge is 2.21. The summed E-state index contributed by atoms with van der Waals surface area (Å²) in [5, 5.41) is 10.3. The van der Waals surface area contributed by atoms with Gasteiger partial charge in [0.2, 0.25) is 10.0 Å². The number of sulfonamides is 1. The molecule has 0 spiro atoms. The molecule has 1 atom stereocenters. The lowest BCUT2D eigenvalue weighted by atomic mass is 10.2. The van der Waals surface area contributed by atoms with Crippen LogP contribution in [0.1, 0.15) is 24.3 Å². The van der Waals surface area contributed by atoms with Crippen molar-refractivity contribution in [2.45, 2.75) is 19.4 Å². The van der Waals surface area contributed by atoms with Gasteiger partial charge in [0.25, 0.3) is 0 Å². The van der Waals surface area contributed by atoms with Crippen LogP contribution >= 0.6 is 11.3 Å². The van der Waals surface area contributed by atoms with E-state index < -0.39 is 21.7 Å². The number of rotatable bonds is 6. The summed E-state index contributed by atoms with van der Waals surface area (Å²) >= 11 is 1.44. The number of thiophene rings is 1. The smallest absolute Gasteiger partial charge is 0.320 e. The molecule has 0 saturated carbocycles. The Morgan fingerprint density at radius 1 is 1.62 bits per heavy atom. The highest BCUT2D eigenvalue weighted by atomic mass is 32.2. The molecule has 16 heavy (non-hydrogen) atoms. The number of carboxylic acids is 1. The van der Waals surface area contributed by atoms with Crippen molar-refractivity contribution in [1.29, 1.82) is 0 Å². The molecule has 1 aromatic rings. The standard InChI is InChI=1S/C9H13NO4S2/c1-2-7(8-4-3-5-15-8)10-16(13,14)6-9(11)12/h3-5,7,10H,2,6H2,1H3,(H,11,12). The van der Waals surface area contributed by atoms with Gasteiger partial charge in [0.05, 0.1) is 6.04 Å². The lowest BCUT2D eigenvalue weighted by Crippen LogP contribution is -2.32. The van der Waals surface area contributed by atoms with Crippen LogP contribution in [0.15, 0.2) is 17.5 Å². The van der Waals surface area contributed by atoms with Gasteiger partial charge < -0.3 is 5.11 Å². The van der Waals surface area contributed by atoms with Gasteiger partial charge in [0, 0.05) is 4.88 Å². The molecule has 1 aromatic heterocycles. The molecule has 0 bridgehead atoms. The molecule has 1 heterocycles. The molecule has 0 saturated heterocycles. The SMILES string of the molecule is CCC(NS(=O)(=O)CC(=O)O)c1cccs1. The van der Waals surface area contributed by atoms with E-state index in [1.54, 1.807) is 0 Å². The Bertz CT molecular complexity index is 438. The highest BCUT2D eigenvalue weighted by Crippen LogP contribution is 2.22. The third-order valence-electron chi connectivity index (χ3n) is 1.93. The highest BCUT2D eigenvalue weighted by molar-refractivity contribution is 7.90. The van der Waals surface area contributed by atoms with Crippen molar-refractivity contribution in [3.8, 4) is 0 Å². The van der Waals surface area contributed by atoms with Crippen molar-refractivity contribution in [3.63, 3.8) is 0 Å². The second-order valence-electron chi connectivity index (χ2n) is 3.25. The van der Waals surface area contributed by atoms with Crippen molar-refractivity contribution in [2.75, 3.05) is 5.75 Å². The number of carbonyl (C=O) groups is 1. The van der Waals surface area contributed by atoms with E-state index in [2.05, 4.69) is 4.72 Å². The van der Waals surface area contributed by atoms with Gasteiger partial charge in [0.15, 0.2) is 5.75 Å². The Morgan fingerprint density at radius 2 is 2.31 bits per heavy atom. The van der Waals surface area contributed by atoms with Crippen LogP contribution in [0.2, 0.25) is 0 Å². The number of nitrogens with one attached hydrogen (secondary N) is 1. The monoisotopic (exact) mass is 263 g/mol. The molecule has 1 unspecified atom stereocenters. The Labute approximate surface area is 98.2 Å². The molecule has 0 aliphatic carbocycles. The predicted molar refractivity (Wildman–Crippen MR) is 61.9 cm³/mol. The second-order valence-corrected chi connectivity index (χ2v) is 5.98. The van der Waals surface area contributed by atoms with Crippen molar-refractivity contribution in [1.82, 2.24) is 4.72 Å². The first-order valence-electron chi connectivity index (χ1n) is 4.70. The summed E-state index contributed by atoms with van der Waals surface area (Å²) in [5.74, 6) is -2.25. The van der Waals surface area contributed by atoms with Gasteiger partial charge in [-0.15, -0.1) is 11.3 Å². The van der Waals surface area contributed by atoms with Crippen molar-refractivity contribution < 1.29 is 18.3 Å². The van der Waals surface area contributed by atoms with E-state index in [4.69, 9.17) is 5.11 Å². The van der Waals surface area contributed by atoms with E-state index in [1.807, 2.05) is 24.4 Å². The Hall–Kier alpha value is -0.920. The molecule has 0 amide bonds. The van der Waals surface area contributed by atoms with Gasteiger partial charge in [0.1, 0.15) is 0 Å². The first-order valence-corrected chi connectivity index (χ1v) is 7.23. The van der Waals surface area contributed by atoms with Crippen LogP contribution in [0.5, 0.6) is 0 Å². The van der Waals surface area contributed by atoms with Gasteiger partial charge in [-0.1, -0.05) is 13.0 Å². The minimum Gasteiger partial charge on any atom is -0.480 e. The van der Waals surface area contributed by atoms with Crippen LogP contribution in [0.25, 0.3) is 0 Å². The van der Waals surface area contributed by atoms with Crippen molar-refractivity contribution in [3.05, 3.63) is 22.4 Å². The summed E-state index contributed by atoms with van der Waals surface area (Å²) in [6, 6.07) is 3.31. The van der Waals surface area contributed by atoms with E-state index in [1.165, 1.54) is 11.3 Å². The van der Waals surface area contributed by atoms with Gasteiger partial charge in [-0.3, -0.25) is 4.79 Å². The third-order valence-corrected chi connectivity index (χ3v) is 4.19. The molecule has 0 aliphatic heterocycles. The zero-order valence-electron chi connectivity index (χ0n) is 8.71. The van der Waals surface area contributed by atoms with E-state index in [0.29, 0.717) is 6.42 Å². The van der Waals surface area contributed by atoms with Crippen LogP contribution in [0.3, 0.4) is 0 Å². The first kappa shape index (κ1) is 13.1. The molecule has 0 aromatic carbocycles. The maximum absolute atomic E-state index is 11.4. The molecule has 1 rings (SSSR count). The lowest BCUT2D eigenvalue weighted by molar-refractivity contribution is -0.134. The van der Waals surface area contributed by atoms with E-state index >= 15 is 0 Å². The summed E-state index contributed by atoms with van der Waals surface area (Å²) in [6.45, 7) is 1.84. The summed E-state index contributed by atoms with van der Waals surface area (Å²) in [7, 11) is -3.76. The first-order chi connectivity index (χ1) is 7.44. The molecular weight excluding hydrogens is 250 g/mol. The van der Waals surface area contributed by atoms with Crippen LogP contribution in [0, 0.1) is 0 Å². The molecule has 90 valence electrons. The van der Waals surface area contributed by atoms with E-state index in [-0.39, 0.29) is 6.04 Å². The topological polar surface area (TPSA) is 83.5 Å². The lowest BCUT2D eigenvalue weighted by Gasteiger charge is -2.14. The van der Waals surface area contributed by atoms with Crippen molar-refractivity contribution in [2.24, 2.45) is 0 Å². The summed E-state index contributed by atoms with van der Waals surface area (Å²) in [5.41, 5.74) is 0. The zero-order valence-corrected chi connectivity index (χ0v) is 10.3. The van der Waals surface area contributed by atoms with Gasteiger partial charge >= 0.3 is 5.97 Å². The van der Waals surface area contributed by atoms with Gasteiger partial charge in [-0.25, -0.2) is 13.1 Å². The number of hydrogen-bond donors (Lipinski definition) is 2. The van der Waals surface area contributed by atoms with Crippen LogP contribution in [-0.4, -0.2) is 25.2 Å². The van der Waals surface area contributed by atoms with Crippen LogP contribution < -0.4 is 4.72 Å². The maximum Gasteiger partial charge on any atom is 0.320 e. The Morgan fingerprint density at radius 3 is 2.75 bits per heavy atom. The minimum atomic E-state index is -3.76. The summed E-state index contributed by atoms with van der Waals surface area (Å²) in [4.78, 5) is 11.2. The molecule has 7 heteroatoms. The average molecular weight is 263 g/mol. The zero-order chi connectivity index (χ0) is 12.2. The van der Waals surface area contributed by atoms with Gasteiger partial charge in [-0.05, 0) is 17.9 Å². The molecule has 0 fully saturated rings. The van der Waals surface area contributed by atoms with E-state index in [0.717, 1.165) is 4.88 Å². The molecule has 0 aliphatic rings. The number of hydrogen-bond acceptors (Lipinski definition) is 4. The summed E-state index contributed by atoms with van der Waals surface area (Å²) in [6.07, 6.45) is 0.583. The quantitative estimate of drug-likeness (QED) is 0.808. The Kier molecular flexibility index (Phi) is 4.45. The maximum atomic E-state index is 11.4. The fourth-order valence-corrected chi connectivity index (χ4v) is 3.32. The molecular formula is C9H13NO4S2. The molecule has 2 N–H and O–H groups in total. The number of carboxylic acid groups (broad SMARTS) is 1.